The number of ketones is 2. The Labute approximate surface area is 141 Å². The molecule has 24 heavy (non-hydrogen) atoms. The van der Waals surface area contributed by atoms with Crippen molar-refractivity contribution in [2.45, 2.75) is 0 Å². The summed E-state index contributed by atoms with van der Waals surface area (Å²) in [6, 6.07) is 25.3. The SMILES string of the molecule is O=C(C(=O)c1ccccc1N[CH]c1ccccc1)c1ccccc1. The zero-order chi connectivity index (χ0) is 16.8. The van der Waals surface area contributed by atoms with E-state index in [4.69, 9.17) is 0 Å². The molecule has 0 heterocycles. The van der Waals surface area contributed by atoms with E-state index in [9.17, 15) is 9.59 Å². The Balaban J connectivity index is 1.81. The van der Waals surface area contributed by atoms with Crippen LogP contribution in [0.4, 0.5) is 5.69 Å². The van der Waals surface area contributed by atoms with Crippen molar-refractivity contribution < 1.29 is 9.59 Å². The molecule has 0 aliphatic rings. The van der Waals surface area contributed by atoms with E-state index in [0.717, 1.165) is 5.56 Å². The van der Waals surface area contributed by atoms with Crippen LogP contribution in [-0.2, 0) is 0 Å². The molecule has 3 heteroatoms. The molecule has 0 bridgehead atoms. The van der Waals surface area contributed by atoms with Crippen LogP contribution in [0.5, 0.6) is 0 Å². The first-order chi connectivity index (χ1) is 11.8. The lowest BCUT2D eigenvalue weighted by Crippen LogP contribution is -2.16. The number of nitrogens with one attached hydrogen (secondary N) is 1. The zero-order valence-electron chi connectivity index (χ0n) is 13.0. The van der Waals surface area contributed by atoms with Crippen LogP contribution in [0.2, 0.25) is 0 Å². The normalized spacial score (nSPS) is 10.2. The van der Waals surface area contributed by atoms with Gasteiger partial charge in [-0.2, -0.15) is 0 Å². The van der Waals surface area contributed by atoms with E-state index in [-0.39, 0.29) is 0 Å². The lowest BCUT2D eigenvalue weighted by molar-refractivity contribution is 0.0817. The third-order valence-electron chi connectivity index (χ3n) is 3.61. The average Bonchev–Trinajstić information content (AvgIpc) is 2.67. The molecule has 0 aliphatic carbocycles. The van der Waals surface area contributed by atoms with Gasteiger partial charge in [0.2, 0.25) is 11.6 Å². The van der Waals surface area contributed by atoms with E-state index in [1.807, 2.05) is 42.5 Å². The van der Waals surface area contributed by atoms with Gasteiger partial charge in [-0.05, 0) is 17.7 Å². The molecule has 117 valence electrons. The lowest BCUT2D eigenvalue weighted by atomic mass is 10.00. The van der Waals surface area contributed by atoms with E-state index in [0.29, 0.717) is 16.8 Å². The highest BCUT2D eigenvalue weighted by Gasteiger charge is 2.20. The molecular formula is C21H16NO2. The molecular weight excluding hydrogens is 298 g/mol. The van der Waals surface area contributed by atoms with Gasteiger partial charge in [-0.15, -0.1) is 0 Å². The minimum Gasteiger partial charge on any atom is -0.375 e. The first kappa shape index (κ1) is 15.7. The van der Waals surface area contributed by atoms with E-state index in [1.165, 1.54) is 0 Å². The first-order valence-electron chi connectivity index (χ1n) is 7.63. The van der Waals surface area contributed by atoms with E-state index in [1.54, 1.807) is 49.0 Å². The number of rotatable bonds is 6. The summed E-state index contributed by atoms with van der Waals surface area (Å²) >= 11 is 0. The van der Waals surface area contributed by atoms with Crippen molar-refractivity contribution in [1.82, 2.24) is 0 Å². The third kappa shape index (κ3) is 3.58. The zero-order valence-corrected chi connectivity index (χ0v) is 13.0. The summed E-state index contributed by atoms with van der Waals surface area (Å²) < 4.78 is 0. The summed E-state index contributed by atoms with van der Waals surface area (Å²) in [5.74, 6) is -1.03. The van der Waals surface area contributed by atoms with Gasteiger partial charge in [-0.25, -0.2) is 0 Å². The fourth-order valence-electron chi connectivity index (χ4n) is 2.36. The second-order valence-electron chi connectivity index (χ2n) is 5.27. The van der Waals surface area contributed by atoms with Crippen LogP contribution in [0.25, 0.3) is 0 Å². The number of hydrogen-bond acceptors (Lipinski definition) is 3. The fourth-order valence-corrected chi connectivity index (χ4v) is 2.36. The molecule has 0 saturated heterocycles. The van der Waals surface area contributed by atoms with E-state index in [2.05, 4.69) is 5.32 Å². The molecule has 0 amide bonds. The summed E-state index contributed by atoms with van der Waals surface area (Å²) in [6.45, 7) is 1.80. The largest absolute Gasteiger partial charge is 0.375 e. The molecule has 1 radical (unpaired) electrons. The molecule has 3 aromatic carbocycles. The van der Waals surface area contributed by atoms with Crippen molar-refractivity contribution in [3.63, 3.8) is 0 Å². The molecule has 0 spiro atoms. The molecule has 0 aromatic heterocycles. The fraction of sp³-hybridized carbons (Fsp3) is 0. The van der Waals surface area contributed by atoms with Crippen molar-refractivity contribution in [1.29, 1.82) is 0 Å². The second kappa shape index (κ2) is 7.38. The van der Waals surface area contributed by atoms with Crippen LogP contribution in [0.1, 0.15) is 26.3 Å². The number of anilines is 1. The maximum Gasteiger partial charge on any atom is 0.235 e. The van der Waals surface area contributed by atoms with Gasteiger partial charge in [0.15, 0.2) is 0 Å². The molecule has 3 nitrogen and oxygen atoms in total. The molecule has 0 saturated carbocycles. The Hall–Kier alpha value is -3.20. The molecule has 3 rings (SSSR count). The predicted octanol–water partition coefficient (Wildman–Crippen LogP) is 4.37. The van der Waals surface area contributed by atoms with Crippen LogP contribution in [0.3, 0.4) is 0 Å². The summed E-state index contributed by atoms with van der Waals surface area (Å²) in [5.41, 5.74) is 2.34. The van der Waals surface area contributed by atoms with Gasteiger partial charge in [-0.1, -0.05) is 72.8 Å². The highest BCUT2D eigenvalue weighted by Crippen LogP contribution is 2.19. The number of benzene rings is 3. The Morgan fingerprint density at radius 1 is 0.667 bits per heavy atom. The second-order valence-corrected chi connectivity index (χ2v) is 5.27. The van der Waals surface area contributed by atoms with Gasteiger partial charge in [0, 0.05) is 16.8 Å². The van der Waals surface area contributed by atoms with Crippen LogP contribution < -0.4 is 5.32 Å². The van der Waals surface area contributed by atoms with Gasteiger partial charge >= 0.3 is 0 Å². The summed E-state index contributed by atoms with van der Waals surface area (Å²) in [4.78, 5) is 25.0. The first-order valence-corrected chi connectivity index (χ1v) is 7.63. The molecule has 0 aliphatic heterocycles. The van der Waals surface area contributed by atoms with E-state index < -0.39 is 11.6 Å². The lowest BCUT2D eigenvalue weighted by Gasteiger charge is -2.10. The van der Waals surface area contributed by atoms with Crippen LogP contribution in [0.15, 0.2) is 84.9 Å². The minimum absolute atomic E-state index is 0.360. The number of carbonyl (C=O) groups excluding carboxylic acids is 2. The van der Waals surface area contributed by atoms with E-state index >= 15 is 0 Å². The highest BCUT2D eigenvalue weighted by atomic mass is 16.2. The Kier molecular flexibility index (Phi) is 4.82. The van der Waals surface area contributed by atoms with Crippen LogP contribution in [0, 0.1) is 6.54 Å². The summed E-state index contributed by atoms with van der Waals surface area (Å²) in [6.07, 6.45) is 0. The predicted molar refractivity (Wildman–Crippen MR) is 95.0 cm³/mol. The van der Waals surface area contributed by atoms with Gasteiger partial charge in [0.25, 0.3) is 0 Å². The summed E-state index contributed by atoms with van der Waals surface area (Å²) in [5, 5.41) is 3.12. The number of Topliss-reactive ketones (excluding diaryl/α,β-unsaturated/α-hetero) is 2. The van der Waals surface area contributed by atoms with Crippen molar-refractivity contribution in [3.8, 4) is 0 Å². The molecule has 3 aromatic rings. The van der Waals surface area contributed by atoms with Gasteiger partial charge in [-0.3, -0.25) is 9.59 Å². The van der Waals surface area contributed by atoms with Crippen LogP contribution >= 0.6 is 0 Å². The Bertz CT molecular complexity index is 842. The van der Waals surface area contributed by atoms with Crippen molar-refractivity contribution in [2.24, 2.45) is 0 Å². The number of para-hydroxylation sites is 1. The van der Waals surface area contributed by atoms with Crippen molar-refractivity contribution in [3.05, 3.63) is 108 Å². The smallest absolute Gasteiger partial charge is 0.235 e. The molecule has 0 unspecified atom stereocenters. The van der Waals surface area contributed by atoms with Crippen molar-refractivity contribution in [2.75, 3.05) is 5.32 Å². The highest BCUT2D eigenvalue weighted by molar-refractivity contribution is 6.50. The van der Waals surface area contributed by atoms with Gasteiger partial charge in [0.1, 0.15) is 0 Å². The third-order valence-corrected chi connectivity index (χ3v) is 3.61. The average molecular weight is 314 g/mol. The molecule has 0 fully saturated rings. The standard InChI is InChI=1S/C21H16NO2/c23-20(17-11-5-2-6-12-17)21(24)18-13-7-8-14-19(18)22-15-16-9-3-1-4-10-16/h1-15,22H. The van der Waals surface area contributed by atoms with Crippen molar-refractivity contribution >= 4 is 17.3 Å². The topological polar surface area (TPSA) is 46.2 Å². The summed E-state index contributed by atoms with van der Waals surface area (Å²) in [7, 11) is 0. The van der Waals surface area contributed by atoms with Gasteiger partial charge < -0.3 is 5.32 Å². The van der Waals surface area contributed by atoms with Gasteiger partial charge in [0.05, 0.1) is 6.54 Å². The minimum atomic E-state index is -0.522. The Morgan fingerprint density at radius 2 is 1.25 bits per heavy atom. The van der Waals surface area contributed by atoms with Crippen LogP contribution in [-0.4, -0.2) is 11.6 Å². The maximum absolute atomic E-state index is 12.6. The number of carbonyl (C=O) groups is 2. The molecule has 1 N–H and O–H groups in total. The monoisotopic (exact) mass is 314 g/mol. The number of hydrogen-bond donors (Lipinski definition) is 1. The quantitative estimate of drug-likeness (QED) is 0.543. The maximum atomic E-state index is 12.6. The Morgan fingerprint density at radius 3 is 1.96 bits per heavy atom. The molecule has 0 atom stereocenters.